The maximum absolute atomic E-state index is 11.7. The van der Waals surface area contributed by atoms with Gasteiger partial charge in [0.25, 0.3) is 5.91 Å². The van der Waals surface area contributed by atoms with E-state index in [1.807, 2.05) is 32.2 Å². The van der Waals surface area contributed by atoms with Gasteiger partial charge in [-0.1, -0.05) is 11.6 Å². The summed E-state index contributed by atoms with van der Waals surface area (Å²) in [6.07, 6.45) is 0. The second-order valence-electron chi connectivity index (χ2n) is 4.91. The van der Waals surface area contributed by atoms with Crippen LogP contribution in [0.15, 0.2) is 18.2 Å². The summed E-state index contributed by atoms with van der Waals surface area (Å²) in [5, 5.41) is 2.10. The Kier molecular flexibility index (Phi) is 5.52. The van der Waals surface area contributed by atoms with Crippen LogP contribution in [0.3, 0.4) is 0 Å². The van der Waals surface area contributed by atoms with Crippen LogP contribution >= 0.6 is 0 Å². The molecule has 0 spiro atoms. The number of amides is 3. The molecule has 2 atom stereocenters. The van der Waals surface area contributed by atoms with E-state index >= 15 is 0 Å². The lowest BCUT2D eigenvalue weighted by Crippen LogP contribution is -3.12. The van der Waals surface area contributed by atoms with Crippen LogP contribution in [0.4, 0.5) is 4.79 Å². The Morgan fingerprint density at radius 3 is 2.65 bits per heavy atom. The Bertz CT molecular complexity index is 502. The molecular formula is C14H22N3O3+. The molecule has 0 saturated heterocycles. The number of urea groups is 1. The van der Waals surface area contributed by atoms with E-state index in [1.54, 1.807) is 14.0 Å². The highest BCUT2D eigenvalue weighted by Crippen LogP contribution is 2.18. The fraction of sp³-hybridized carbons (Fsp3) is 0.429. The zero-order valence-corrected chi connectivity index (χ0v) is 12.3. The highest BCUT2D eigenvalue weighted by atomic mass is 16.5. The predicted molar refractivity (Wildman–Crippen MR) is 75.5 cm³/mol. The van der Waals surface area contributed by atoms with Crippen LogP contribution in [-0.2, 0) is 11.3 Å². The average Bonchev–Trinajstić information content (AvgIpc) is 2.37. The SMILES string of the molecule is COc1ccc(C)cc1C[NH+](C)[C@@H](C)C(=O)NC(N)=O. The van der Waals surface area contributed by atoms with Crippen molar-refractivity contribution in [2.24, 2.45) is 5.73 Å². The lowest BCUT2D eigenvalue weighted by atomic mass is 10.1. The summed E-state index contributed by atoms with van der Waals surface area (Å²) in [5.74, 6) is 0.402. The van der Waals surface area contributed by atoms with Crippen LogP contribution in [0, 0.1) is 6.92 Å². The zero-order valence-electron chi connectivity index (χ0n) is 12.3. The molecule has 0 aliphatic heterocycles. The van der Waals surface area contributed by atoms with Gasteiger partial charge in [0.2, 0.25) is 0 Å². The molecule has 0 radical (unpaired) electrons. The summed E-state index contributed by atoms with van der Waals surface area (Å²) in [6.45, 7) is 4.36. The number of imide groups is 1. The molecule has 1 unspecified atom stereocenters. The van der Waals surface area contributed by atoms with Gasteiger partial charge in [0.05, 0.1) is 14.2 Å². The fourth-order valence-corrected chi connectivity index (χ4v) is 1.95. The van der Waals surface area contributed by atoms with Crippen LogP contribution in [0.25, 0.3) is 0 Å². The van der Waals surface area contributed by atoms with Gasteiger partial charge in [-0.3, -0.25) is 10.1 Å². The van der Waals surface area contributed by atoms with Crippen molar-refractivity contribution in [2.45, 2.75) is 26.4 Å². The number of nitrogens with two attached hydrogens (primary N) is 1. The summed E-state index contributed by atoms with van der Waals surface area (Å²) < 4.78 is 5.32. The Morgan fingerprint density at radius 1 is 1.45 bits per heavy atom. The molecule has 0 aliphatic carbocycles. The van der Waals surface area contributed by atoms with Gasteiger partial charge in [-0.2, -0.15) is 0 Å². The number of rotatable bonds is 5. The molecule has 20 heavy (non-hydrogen) atoms. The number of methoxy groups -OCH3 is 1. The first kappa shape index (κ1) is 16.0. The van der Waals surface area contributed by atoms with Gasteiger partial charge >= 0.3 is 6.03 Å². The third kappa shape index (κ3) is 4.24. The number of quaternary nitrogens is 1. The van der Waals surface area contributed by atoms with Crippen LogP contribution in [0.2, 0.25) is 0 Å². The summed E-state index contributed by atoms with van der Waals surface area (Å²) >= 11 is 0. The monoisotopic (exact) mass is 280 g/mol. The summed E-state index contributed by atoms with van der Waals surface area (Å²) in [6, 6.07) is 4.68. The number of benzene rings is 1. The first-order valence-corrected chi connectivity index (χ1v) is 6.41. The topological polar surface area (TPSA) is 85.9 Å². The van der Waals surface area contributed by atoms with E-state index in [0.29, 0.717) is 6.54 Å². The zero-order chi connectivity index (χ0) is 15.3. The van der Waals surface area contributed by atoms with E-state index in [-0.39, 0.29) is 5.91 Å². The second-order valence-corrected chi connectivity index (χ2v) is 4.91. The second kappa shape index (κ2) is 6.91. The first-order valence-electron chi connectivity index (χ1n) is 6.41. The first-order chi connectivity index (χ1) is 9.35. The summed E-state index contributed by atoms with van der Waals surface area (Å²) in [5.41, 5.74) is 7.09. The number of hydrogen-bond acceptors (Lipinski definition) is 3. The number of aryl methyl sites for hydroxylation is 1. The lowest BCUT2D eigenvalue weighted by Gasteiger charge is -2.21. The van der Waals surface area contributed by atoms with E-state index in [1.165, 1.54) is 0 Å². The van der Waals surface area contributed by atoms with Crippen molar-refractivity contribution >= 4 is 11.9 Å². The molecule has 1 aromatic rings. The van der Waals surface area contributed by atoms with E-state index in [4.69, 9.17) is 10.5 Å². The van der Waals surface area contributed by atoms with Crippen molar-refractivity contribution in [1.82, 2.24) is 5.32 Å². The molecule has 0 heterocycles. The lowest BCUT2D eigenvalue weighted by molar-refractivity contribution is -0.908. The number of carbonyl (C=O) groups is 2. The number of ether oxygens (including phenoxy) is 1. The summed E-state index contributed by atoms with van der Waals surface area (Å²) in [4.78, 5) is 23.4. The Hall–Kier alpha value is -2.08. The largest absolute Gasteiger partial charge is 0.496 e. The molecule has 0 saturated carbocycles. The highest BCUT2D eigenvalue weighted by molar-refractivity contribution is 5.95. The molecule has 110 valence electrons. The molecule has 6 nitrogen and oxygen atoms in total. The van der Waals surface area contributed by atoms with Gasteiger partial charge in [0, 0.05) is 5.56 Å². The van der Waals surface area contributed by atoms with Crippen LogP contribution < -0.4 is 20.7 Å². The Morgan fingerprint density at radius 2 is 2.10 bits per heavy atom. The van der Waals surface area contributed by atoms with Gasteiger partial charge in [0.1, 0.15) is 12.3 Å². The molecule has 3 amide bonds. The van der Waals surface area contributed by atoms with Gasteiger partial charge in [0.15, 0.2) is 6.04 Å². The van der Waals surface area contributed by atoms with Crippen molar-refractivity contribution in [3.05, 3.63) is 29.3 Å². The Labute approximate surface area is 118 Å². The Balaban J connectivity index is 2.79. The highest BCUT2D eigenvalue weighted by Gasteiger charge is 2.23. The smallest absolute Gasteiger partial charge is 0.319 e. The van der Waals surface area contributed by atoms with E-state index in [0.717, 1.165) is 21.8 Å². The van der Waals surface area contributed by atoms with Crippen molar-refractivity contribution in [3.63, 3.8) is 0 Å². The predicted octanol–water partition coefficient (Wildman–Crippen LogP) is -0.398. The van der Waals surface area contributed by atoms with Crippen molar-refractivity contribution in [2.75, 3.05) is 14.2 Å². The average molecular weight is 280 g/mol. The number of likely N-dealkylation sites (N-methyl/N-ethyl adjacent to an activating group) is 1. The maximum Gasteiger partial charge on any atom is 0.319 e. The quantitative estimate of drug-likeness (QED) is 0.686. The van der Waals surface area contributed by atoms with E-state index < -0.39 is 12.1 Å². The van der Waals surface area contributed by atoms with Crippen molar-refractivity contribution in [1.29, 1.82) is 0 Å². The minimum atomic E-state index is -0.831. The van der Waals surface area contributed by atoms with Gasteiger partial charge in [-0.25, -0.2) is 4.79 Å². The van der Waals surface area contributed by atoms with Crippen molar-refractivity contribution < 1.29 is 19.2 Å². The number of primary amides is 1. The molecule has 1 aromatic carbocycles. The minimum absolute atomic E-state index is 0.387. The molecule has 0 bridgehead atoms. The van der Waals surface area contributed by atoms with Crippen molar-refractivity contribution in [3.8, 4) is 5.75 Å². The third-order valence-electron chi connectivity index (χ3n) is 3.28. The minimum Gasteiger partial charge on any atom is -0.496 e. The maximum atomic E-state index is 11.7. The number of nitrogens with one attached hydrogen (secondary N) is 2. The fourth-order valence-electron chi connectivity index (χ4n) is 1.95. The van der Waals surface area contributed by atoms with Gasteiger partial charge in [-0.15, -0.1) is 0 Å². The van der Waals surface area contributed by atoms with Gasteiger partial charge < -0.3 is 15.4 Å². The van der Waals surface area contributed by atoms with Crippen LogP contribution in [0.5, 0.6) is 5.75 Å². The molecule has 0 fully saturated rings. The normalized spacial score (nSPS) is 13.4. The molecule has 6 heteroatoms. The molecular weight excluding hydrogens is 258 g/mol. The standard InChI is InChI=1S/C14H21N3O3/c1-9-5-6-12(20-4)11(7-9)8-17(3)10(2)13(18)16-14(15)19/h5-7,10H,8H2,1-4H3,(H3,15,16,18,19)/p+1/t10-/m0/s1. The molecule has 0 aliphatic rings. The van der Waals surface area contributed by atoms with E-state index in [9.17, 15) is 9.59 Å². The molecule has 1 rings (SSSR count). The summed E-state index contributed by atoms with van der Waals surface area (Å²) in [7, 11) is 3.50. The molecule has 4 N–H and O–H groups in total. The number of carbonyl (C=O) groups excluding carboxylic acids is 2. The van der Waals surface area contributed by atoms with Gasteiger partial charge in [-0.05, 0) is 26.0 Å². The van der Waals surface area contributed by atoms with E-state index in [2.05, 4.69) is 5.32 Å². The number of hydrogen-bond donors (Lipinski definition) is 3. The molecule has 0 aromatic heterocycles. The van der Waals surface area contributed by atoms with Crippen LogP contribution in [-0.4, -0.2) is 32.1 Å². The third-order valence-corrected chi connectivity index (χ3v) is 3.28. The van der Waals surface area contributed by atoms with Crippen LogP contribution in [0.1, 0.15) is 18.1 Å².